The molecule has 43 heavy (non-hydrogen) atoms. The van der Waals surface area contributed by atoms with Crippen LogP contribution >= 0.6 is 0 Å². The van der Waals surface area contributed by atoms with Gasteiger partial charge in [0.15, 0.2) is 12.2 Å². The number of ether oxygens (including phenoxy) is 1. The van der Waals surface area contributed by atoms with Crippen LogP contribution in [0, 0.1) is 11.8 Å². The molecular formula is C29H44N6O8. The minimum absolute atomic E-state index is 0.0466. The van der Waals surface area contributed by atoms with Gasteiger partial charge in [0.25, 0.3) is 17.7 Å². The molecule has 14 nitrogen and oxygen atoms in total. The maximum absolute atomic E-state index is 13.0. The molecule has 0 bridgehead atoms. The maximum atomic E-state index is 13.0. The van der Waals surface area contributed by atoms with Crippen molar-refractivity contribution in [2.24, 2.45) is 17.6 Å². The third-order valence-corrected chi connectivity index (χ3v) is 6.72. The second-order valence-electron chi connectivity index (χ2n) is 11.4. The number of carbonyl (C=O) groups is 6. The monoisotopic (exact) mass is 604 g/mol. The van der Waals surface area contributed by atoms with E-state index >= 15 is 0 Å². The number of nitrogens with two attached hydrogens (primary N) is 1. The molecule has 1 aromatic rings. The molecule has 0 aliphatic carbocycles. The molecular weight excluding hydrogens is 560 g/mol. The molecule has 1 fully saturated rings. The molecule has 14 heteroatoms. The van der Waals surface area contributed by atoms with Gasteiger partial charge in [0, 0.05) is 0 Å². The topological polar surface area (TPSA) is 213 Å². The number of carbonyl (C=O) groups excluding carboxylic acids is 5. The fourth-order valence-corrected chi connectivity index (χ4v) is 4.36. The van der Waals surface area contributed by atoms with Crippen LogP contribution in [-0.4, -0.2) is 89.0 Å². The molecule has 238 valence electrons. The first-order chi connectivity index (χ1) is 20.2. The average Bonchev–Trinajstić information content (AvgIpc) is 3.72. The molecule has 1 aromatic carbocycles. The largest absolute Gasteiger partial charge is 0.480 e. The molecule has 0 spiro atoms. The van der Waals surface area contributed by atoms with E-state index in [4.69, 9.17) is 10.5 Å². The molecule has 0 saturated carbocycles. The van der Waals surface area contributed by atoms with Crippen molar-refractivity contribution in [2.75, 3.05) is 13.1 Å². The van der Waals surface area contributed by atoms with Gasteiger partial charge in [-0.3, -0.25) is 34.2 Å². The lowest BCUT2D eigenvalue weighted by atomic mass is 10.0. The second kappa shape index (κ2) is 16.6. The summed E-state index contributed by atoms with van der Waals surface area (Å²) in [6.45, 7) is 8.45. The highest BCUT2D eigenvalue weighted by molar-refractivity contribution is 5.98. The van der Waals surface area contributed by atoms with Crippen LogP contribution in [0.1, 0.15) is 53.0 Å². The van der Waals surface area contributed by atoms with E-state index in [1.165, 1.54) is 12.5 Å². The third-order valence-electron chi connectivity index (χ3n) is 6.72. The van der Waals surface area contributed by atoms with E-state index in [0.29, 0.717) is 11.6 Å². The maximum Gasteiger partial charge on any atom is 0.325 e. The van der Waals surface area contributed by atoms with Crippen molar-refractivity contribution in [3.63, 3.8) is 0 Å². The SMILES string of the molecule is CC(C)CC(NC(=O)[C@H]1O[C@@H]1C(=O)N(CC(=O)O)NC(=O)C(C)NC(=O)C(NCCCc1ccccc1)C(C)C)C(N)=O. The Morgan fingerprint density at radius 3 is 2.16 bits per heavy atom. The van der Waals surface area contributed by atoms with Crippen molar-refractivity contribution in [3.8, 4) is 0 Å². The number of primary amides is 1. The van der Waals surface area contributed by atoms with Crippen LogP contribution in [0.3, 0.4) is 0 Å². The summed E-state index contributed by atoms with van der Waals surface area (Å²) in [6, 6.07) is 7.24. The van der Waals surface area contributed by atoms with Gasteiger partial charge in [-0.2, -0.15) is 0 Å². The Balaban J connectivity index is 1.93. The predicted molar refractivity (Wildman–Crippen MR) is 156 cm³/mol. The Bertz CT molecular complexity index is 1150. The molecule has 0 radical (unpaired) electrons. The van der Waals surface area contributed by atoms with Crippen LogP contribution in [0.4, 0.5) is 0 Å². The molecule has 5 amide bonds. The predicted octanol–water partition coefficient (Wildman–Crippen LogP) is -0.534. The van der Waals surface area contributed by atoms with Gasteiger partial charge in [0.1, 0.15) is 18.6 Å². The Hall–Kier alpha value is -4.04. The van der Waals surface area contributed by atoms with Crippen molar-refractivity contribution in [2.45, 2.75) is 84.2 Å². The van der Waals surface area contributed by atoms with Gasteiger partial charge < -0.3 is 31.5 Å². The minimum atomic E-state index is -1.43. The zero-order valence-corrected chi connectivity index (χ0v) is 25.3. The molecule has 1 heterocycles. The number of hydrogen-bond acceptors (Lipinski definition) is 8. The second-order valence-corrected chi connectivity index (χ2v) is 11.4. The van der Waals surface area contributed by atoms with Gasteiger partial charge in [0.05, 0.1) is 6.04 Å². The van der Waals surface area contributed by atoms with E-state index in [9.17, 15) is 33.9 Å². The molecule has 2 rings (SSSR count). The first-order valence-electron chi connectivity index (χ1n) is 14.4. The number of aliphatic carboxylic acids is 1. The van der Waals surface area contributed by atoms with Gasteiger partial charge >= 0.3 is 5.97 Å². The third kappa shape index (κ3) is 11.6. The summed E-state index contributed by atoms with van der Waals surface area (Å²) in [5.41, 5.74) is 8.73. The molecule has 1 aliphatic heterocycles. The van der Waals surface area contributed by atoms with Crippen LogP contribution in [0.15, 0.2) is 30.3 Å². The summed E-state index contributed by atoms with van der Waals surface area (Å²) >= 11 is 0. The van der Waals surface area contributed by atoms with Gasteiger partial charge in [0.2, 0.25) is 11.8 Å². The quantitative estimate of drug-likeness (QED) is 0.0765. The average molecular weight is 605 g/mol. The zero-order chi connectivity index (χ0) is 32.3. The standard InChI is InChI=1S/C29H44N6O8/c1-16(2)14-20(25(30)38)33-28(41)23-24(43-23)29(42)35(15-21(36)37)34-26(39)18(5)32-27(40)22(17(3)4)31-13-9-12-19-10-7-6-8-11-19/h6-8,10-11,16-18,20,22-24,31H,9,12-15H2,1-5H3,(H2,30,38)(H,32,40)(H,33,41)(H,34,39)(H,36,37)/t18?,20?,22?,23-,24-/m0/s1. The highest BCUT2D eigenvalue weighted by Crippen LogP contribution is 2.24. The number of carboxylic acids is 1. The fourth-order valence-electron chi connectivity index (χ4n) is 4.36. The molecule has 5 atom stereocenters. The van der Waals surface area contributed by atoms with Crippen LogP contribution in [0.5, 0.6) is 0 Å². The first kappa shape index (κ1) is 35.2. The summed E-state index contributed by atoms with van der Waals surface area (Å²) in [5.74, 6) is -5.24. The Morgan fingerprint density at radius 1 is 0.953 bits per heavy atom. The van der Waals surface area contributed by atoms with Gasteiger partial charge in [-0.05, 0) is 50.1 Å². The summed E-state index contributed by atoms with van der Waals surface area (Å²) < 4.78 is 5.15. The summed E-state index contributed by atoms with van der Waals surface area (Å²) in [5, 5.41) is 18.1. The number of epoxide rings is 1. The zero-order valence-electron chi connectivity index (χ0n) is 25.3. The number of aryl methyl sites for hydroxylation is 1. The molecule has 1 aliphatic rings. The smallest absolute Gasteiger partial charge is 0.325 e. The van der Waals surface area contributed by atoms with Gasteiger partial charge in [-0.25, -0.2) is 5.01 Å². The molecule has 1 saturated heterocycles. The van der Waals surface area contributed by atoms with E-state index in [1.54, 1.807) is 0 Å². The van der Waals surface area contributed by atoms with E-state index in [-0.39, 0.29) is 18.3 Å². The lowest BCUT2D eigenvalue weighted by Crippen LogP contribution is -2.58. The normalized spacial score (nSPS) is 17.8. The highest BCUT2D eigenvalue weighted by atomic mass is 16.6. The van der Waals surface area contributed by atoms with Crippen molar-refractivity contribution in [3.05, 3.63) is 35.9 Å². The molecule has 7 N–H and O–H groups in total. The summed E-state index contributed by atoms with van der Waals surface area (Å²) in [7, 11) is 0. The Labute approximate surface area is 251 Å². The van der Waals surface area contributed by atoms with Crippen molar-refractivity contribution < 1.29 is 38.6 Å². The van der Waals surface area contributed by atoms with E-state index in [2.05, 4.69) is 21.4 Å². The number of hydrogen-bond donors (Lipinski definition) is 6. The number of hydrazine groups is 1. The fraction of sp³-hybridized carbons (Fsp3) is 0.586. The van der Waals surface area contributed by atoms with Crippen molar-refractivity contribution in [1.82, 2.24) is 26.4 Å². The number of carboxylic acid groups (broad SMARTS) is 1. The lowest BCUT2D eigenvalue weighted by Gasteiger charge is -2.26. The number of rotatable bonds is 17. The Kier molecular flexibility index (Phi) is 13.5. The number of nitrogens with one attached hydrogen (secondary N) is 4. The minimum Gasteiger partial charge on any atom is -0.480 e. The van der Waals surface area contributed by atoms with Gasteiger partial charge in [-0.15, -0.1) is 0 Å². The number of benzene rings is 1. The van der Waals surface area contributed by atoms with Crippen LogP contribution in [0.25, 0.3) is 0 Å². The number of amides is 5. The van der Waals surface area contributed by atoms with E-state index < -0.39 is 72.4 Å². The molecule has 3 unspecified atom stereocenters. The van der Waals surface area contributed by atoms with Crippen LogP contribution in [-0.2, 0) is 39.9 Å². The van der Waals surface area contributed by atoms with Crippen LogP contribution in [0.2, 0.25) is 0 Å². The first-order valence-corrected chi connectivity index (χ1v) is 14.4. The lowest BCUT2D eigenvalue weighted by molar-refractivity contribution is -0.151. The van der Waals surface area contributed by atoms with E-state index in [0.717, 1.165) is 12.8 Å². The highest BCUT2D eigenvalue weighted by Gasteiger charge is 2.53. The Morgan fingerprint density at radius 2 is 1.60 bits per heavy atom. The summed E-state index contributed by atoms with van der Waals surface area (Å²) in [4.78, 5) is 74.4. The van der Waals surface area contributed by atoms with Crippen molar-refractivity contribution >= 4 is 35.5 Å². The van der Waals surface area contributed by atoms with Gasteiger partial charge in [-0.1, -0.05) is 58.0 Å². The van der Waals surface area contributed by atoms with E-state index in [1.807, 2.05) is 58.0 Å². The van der Waals surface area contributed by atoms with Crippen LogP contribution < -0.4 is 27.1 Å². The van der Waals surface area contributed by atoms with Crippen molar-refractivity contribution in [1.29, 1.82) is 0 Å². The molecule has 0 aromatic heterocycles. The number of nitrogens with zero attached hydrogens (tertiary/aromatic N) is 1. The summed E-state index contributed by atoms with van der Waals surface area (Å²) in [6.07, 6.45) is -0.748.